The molecule has 2 aromatic rings. The van der Waals surface area contributed by atoms with Gasteiger partial charge in [-0.15, -0.1) is 0 Å². The molecule has 1 aromatic carbocycles. The molecular weight excluding hydrogens is 332 g/mol. The summed E-state index contributed by atoms with van der Waals surface area (Å²) in [6.07, 6.45) is 1.78. The first-order valence-corrected chi connectivity index (χ1v) is 8.78. The molecule has 2 heterocycles. The van der Waals surface area contributed by atoms with Gasteiger partial charge in [0.1, 0.15) is 12.7 Å². The summed E-state index contributed by atoms with van der Waals surface area (Å²) in [5.74, 6) is 0.609. The quantitative estimate of drug-likeness (QED) is 0.763. The van der Waals surface area contributed by atoms with Gasteiger partial charge in [0.2, 0.25) is 11.8 Å². The molecule has 0 spiro atoms. The monoisotopic (exact) mass is 356 g/mol. The molecule has 1 amide bonds. The Hall–Kier alpha value is -2.44. The summed E-state index contributed by atoms with van der Waals surface area (Å²) in [5.41, 5.74) is 1.03. The van der Waals surface area contributed by atoms with E-state index in [1.807, 2.05) is 53.4 Å². The number of benzene rings is 1. The van der Waals surface area contributed by atoms with E-state index in [-0.39, 0.29) is 18.1 Å². The molecule has 1 fully saturated rings. The second-order valence-electron chi connectivity index (χ2n) is 6.07. The maximum atomic E-state index is 12.7. The molecule has 1 aliphatic rings. The highest BCUT2D eigenvalue weighted by molar-refractivity contribution is 5.77. The summed E-state index contributed by atoms with van der Waals surface area (Å²) in [4.78, 5) is 18.8. The third-order valence-electron chi connectivity index (χ3n) is 4.37. The normalized spacial score (nSPS) is 20.0. The predicted octanol–water partition coefficient (Wildman–Crippen LogP) is 2.47. The second-order valence-corrected chi connectivity index (χ2v) is 6.07. The summed E-state index contributed by atoms with van der Waals surface area (Å²) in [7, 11) is 1.60. The van der Waals surface area contributed by atoms with Gasteiger partial charge in [0.05, 0.1) is 25.7 Å². The number of aromatic nitrogens is 1. The molecule has 0 saturated carbocycles. The van der Waals surface area contributed by atoms with Crippen LogP contribution in [0.1, 0.15) is 18.0 Å². The average Bonchev–Trinajstić information content (AvgIpc) is 2.71. The van der Waals surface area contributed by atoms with Gasteiger partial charge in [-0.05, 0) is 11.6 Å². The Morgan fingerprint density at radius 3 is 2.77 bits per heavy atom. The molecular formula is C20H24N2O4. The molecule has 138 valence electrons. The lowest BCUT2D eigenvalue weighted by Gasteiger charge is -2.41. The predicted molar refractivity (Wildman–Crippen MR) is 96.9 cm³/mol. The maximum absolute atomic E-state index is 12.7. The lowest BCUT2D eigenvalue weighted by Crippen LogP contribution is -2.50. The topological polar surface area (TPSA) is 60.9 Å². The number of morpholine rings is 1. The van der Waals surface area contributed by atoms with Gasteiger partial charge in [-0.1, -0.05) is 36.4 Å². The van der Waals surface area contributed by atoms with Gasteiger partial charge in [0, 0.05) is 25.9 Å². The number of hydrogen-bond donors (Lipinski definition) is 0. The Morgan fingerprint density at radius 1 is 1.23 bits per heavy atom. The van der Waals surface area contributed by atoms with Crippen molar-refractivity contribution in [2.24, 2.45) is 0 Å². The summed E-state index contributed by atoms with van der Waals surface area (Å²) in [6.45, 7) is 1.78. The number of methoxy groups -OCH3 is 1. The largest absolute Gasteiger partial charge is 0.475 e. The number of nitrogens with zero attached hydrogens (tertiary/aromatic N) is 2. The Bertz CT molecular complexity index is 681. The molecule has 0 aliphatic carbocycles. The molecule has 0 N–H and O–H groups in total. The van der Waals surface area contributed by atoms with Gasteiger partial charge in [0.25, 0.3) is 0 Å². The van der Waals surface area contributed by atoms with Crippen LogP contribution in [0.4, 0.5) is 0 Å². The SMILES string of the molecule is COCCC(=O)N1CCO[C@@H](COc2ccccn2)[C@@H]1c1ccccc1. The second kappa shape index (κ2) is 9.31. The first kappa shape index (κ1) is 18.4. The van der Waals surface area contributed by atoms with Crippen molar-refractivity contribution in [1.82, 2.24) is 9.88 Å². The lowest BCUT2D eigenvalue weighted by atomic mass is 9.98. The highest BCUT2D eigenvalue weighted by Gasteiger charge is 2.36. The fraction of sp³-hybridized carbons (Fsp3) is 0.400. The van der Waals surface area contributed by atoms with Crippen molar-refractivity contribution in [2.45, 2.75) is 18.6 Å². The summed E-state index contributed by atoms with van der Waals surface area (Å²) < 4.78 is 16.8. The first-order valence-electron chi connectivity index (χ1n) is 8.78. The highest BCUT2D eigenvalue weighted by atomic mass is 16.5. The van der Waals surface area contributed by atoms with Crippen LogP contribution in [0.25, 0.3) is 0 Å². The van der Waals surface area contributed by atoms with Crippen molar-refractivity contribution in [3.05, 3.63) is 60.3 Å². The van der Waals surface area contributed by atoms with Gasteiger partial charge in [0.15, 0.2) is 0 Å². The molecule has 1 saturated heterocycles. The van der Waals surface area contributed by atoms with E-state index in [1.54, 1.807) is 13.3 Å². The van der Waals surface area contributed by atoms with Crippen molar-refractivity contribution in [3.63, 3.8) is 0 Å². The zero-order chi connectivity index (χ0) is 18.2. The van der Waals surface area contributed by atoms with Crippen LogP contribution in [0.2, 0.25) is 0 Å². The van der Waals surface area contributed by atoms with Crippen molar-refractivity contribution in [2.75, 3.05) is 33.5 Å². The van der Waals surface area contributed by atoms with Crippen LogP contribution in [0.3, 0.4) is 0 Å². The summed E-state index contributed by atoms with van der Waals surface area (Å²) in [6, 6.07) is 15.3. The number of carbonyl (C=O) groups is 1. The number of carbonyl (C=O) groups excluding carboxylic acids is 1. The molecule has 1 aromatic heterocycles. The van der Waals surface area contributed by atoms with Gasteiger partial charge in [-0.3, -0.25) is 4.79 Å². The fourth-order valence-electron chi connectivity index (χ4n) is 3.13. The summed E-state index contributed by atoms with van der Waals surface area (Å²) in [5, 5.41) is 0. The number of rotatable bonds is 7. The third kappa shape index (κ3) is 4.59. The van der Waals surface area contributed by atoms with E-state index in [1.165, 1.54) is 0 Å². The van der Waals surface area contributed by atoms with Crippen molar-refractivity contribution < 1.29 is 19.0 Å². The zero-order valence-electron chi connectivity index (χ0n) is 14.9. The Kier molecular flexibility index (Phi) is 6.57. The Labute approximate surface area is 153 Å². The summed E-state index contributed by atoms with van der Waals surface area (Å²) >= 11 is 0. The number of ether oxygens (including phenoxy) is 3. The first-order chi connectivity index (χ1) is 12.8. The van der Waals surface area contributed by atoms with Gasteiger partial charge < -0.3 is 19.1 Å². The number of pyridine rings is 1. The molecule has 6 nitrogen and oxygen atoms in total. The minimum Gasteiger partial charge on any atom is -0.475 e. The van der Waals surface area contributed by atoms with E-state index >= 15 is 0 Å². The van der Waals surface area contributed by atoms with E-state index in [0.717, 1.165) is 5.56 Å². The molecule has 2 atom stereocenters. The fourth-order valence-corrected chi connectivity index (χ4v) is 3.13. The smallest absolute Gasteiger partial charge is 0.225 e. The maximum Gasteiger partial charge on any atom is 0.225 e. The van der Waals surface area contributed by atoms with E-state index in [9.17, 15) is 4.79 Å². The highest BCUT2D eigenvalue weighted by Crippen LogP contribution is 2.30. The lowest BCUT2D eigenvalue weighted by molar-refractivity contribution is -0.150. The van der Waals surface area contributed by atoms with Crippen LogP contribution in [0.15, 0.2) is 54.7 Å². The van der Waals surface area contributed by atoms with E-state index in [4.69, 9.17) is 14.2 Å². The van der Waals surface area contributed by atoms with Crippen molar-refractivity contribution in [3.8, 4) is 5.88 Å². The molecule has 6 heteroatoms. The molecule has 26 heavy (non-hydrogen) atoms. The Balaban J connectivity index is 1.78. The Morgan fingerprint density at radius 2 is 2.04 bits per heavy atom. The van der Waals surface area contributed by atoms with Gasteiger partial charge >= 0.3 is 0 Å². The average molecular weight is 356 g/mol. The van der Waals surface area contributed by atoms with Crippen molar-refractivity contribution in [1.29, 1.82) is 0 Å². The van der Waals surface area contributed by atoms with Gasteiger partial charge in [-0.2, -0.15) is 0 Å². The van der Waals surface area contributed by atoms with Crippen LogP contribution in [-0.4, -0.2) is 55.4 Å². The number of hydrogen-bond acceptors (Lipinski definition) is 5. The molecule has 0 unspecified atom stereocenters. The third-order valence-corrected chi connectivity index (χ3v) is 4.37. The number of amides is 1. The van der Waals surface area contributed by atoms with Crippen LogP contribution >= 0.6 is 0 Å². The van der Waals surface area contributed by atoms with Crippen LogP contribution in [0, 0.1) is 0 Å². The molecule has 0 radical (unpaired) electrons. The minimum atomic E-state index is -0.264. The van der Waals surface area contributed by atoms with Crippen molar-refractivity contribution >= 4 is 5.91 Å². The van der Waals surface area contributed by atoms with Gasteiger partial charge in [-0.25, -0.2) is 4.98 Å². The molecule has 1 aliphatic heterocycles. The molecule has 0 bridgehead atoms. The van der Waals surface area contributed by atoms with Crippen LogP contribution in [-0.2, 0) is 14.3 Å². The van der Waals surface area contributed by atoms with E-state index in [2.05, 4.69) is 4.98 Å². The van der Waals surface area contributed by atoms with E-state index < -0.39 is 0 Å². The van der Waals surface area contributed by atoms with E-state index in [0.29, 0.717) is 38.7 Å². The van der Waals surface area contributed by atoms with Crippen LogP contribution < -0.4 is 4.74 Å². The van der Waals surface area contributed by atoms with Crippen LogP contribution in [0.5, 0.6) is 5.88 Å². The standard InChI is InChI=1S/C20H24N2O4/c1-24-13-10-19(23)22-12-14-25-17(15-26-18-9-5-6-11-21-18)20(22)16-7-3-2-4-8-16/h2-9,11,17,20H,10,12-15H2,1H3/t17-,20-/m0/s1. The molecule has 3 rings (SSSR count). The zero-order valence-corrected chi connectivity index (χ0v) is 14.9. The minimum absolute atomic E-state index is 0.0619.